The predicted octanol–water partition coefficient (Wildman–Crippen LogP) is 4.69. The Hall–Kier alpha value is -1.79. The number of aliphatic carboxylic acids is 1. The van der Waals surface area contributed by atoms with Crippen LogP contribution in [0.2, 0.25) is 0 Å². The normalized spacial score (nSPS) is 11.2. The number of carbonyl (C=O) groups is 3. The summed E-state index contributed by atoms with van der Waals surface area (Å²) in [5, 5.41) is 9.01. The maximum atomic E-state index is 12.4. The van der Waals surface area contributed by atoms with Crippen LogP contribution in [-0.2, 0) is 14.3 Å². The van der Waals surface area contributed by atoms with Gasteiger partial charge in [0.25, 0.3) is 0 Å². The lowest BCUT2D eigenvalue weighted by Gasteiger charge is -2.27. The van der Waals surface area contributed by atoms with Crippen molar-refractivity contribution in [1.29, 1.82) is 0 Å². The number of rotatable bonds is 15. The molecule has 0 bridgehead atoms. The Morgan fingerprint density at radius 1 is 0.828 bits per heavy atom. The van der Waals surface area contributed by atoms with Crippen LogP contribution in [0, 0.1) is 0 Å². The van der Waals surface area contributed by atoms with E-state index in [2.05, 4.69) is 6.92 Å². The first-order valence-corrected chi connectivity index (χ1v) is 11.0. The summed E-state index contributed by atoms with van der Waals surface area (Å²) in [4.78, 5) is 38.1. The first-order chi connectivity index (χ1) is 13.6. The van der Waals surface area contributed by atoms with Crippen LogP contribution in [0.3, 0.4) is 0 Å². The highest BCUT2D eigenvalue weighted by atomic mass is 16.6. The molecule has 7 nitrogen and oxygen atoms in total. The zero-order valence-corrected chi connectivity index (χ0v) is 19.2. The first-order valence-electron chi connectivity index (χ1n) is 11.0. The number of ether oxygens (including phenoxy) is 1. The van der Waals surface area contributed by atoms with E-state index in [9.17, 15) is 14.4 Å². The highest BCUT2D eigenvalue weighted by Crippen LogP contribution is 2.12. The second kappa shape index (κ2) is 15.1. The summed E-state index contributed by atoms with van der Waals surface area (Å²) in [6.07, 6.45) is 11.4. The van der Waals surface area contributed by atoms with Gasteiger partial charge in [-0.3, -0.25) is 14.5 Å². The molecule has 29 heavy (non-hydrogen) atoms. The standard InChI is InChI=1S/C22H42N2O5/c1-6-7-8-9-10-11-12-13-14-15-16-23(5)19(25)17-24(18-20(26)27)21(28)29-22(2,3)4/h6-18H2,1-5H3,(H,26,27). The van der Waals surface area contributed by atoms with E-state index in [1.807, 2.05) is 0 Å². The zero-order valence-electron chi connectivity index (χ0n) is 19.2. The van der Waals surface area contributed by atoms with Gasteiger partial charge in [0.2, 0.25) is 5.91 Å². The molecule has 0 aliphatic heterocycles. The van der Waals surface area contributed by atoms with Gasteiger partial charge in [-0.1, -0.05) is 64.7 Å². The van der Waals surface area contributed by atoms with Crippen molar-refractivity contribution in [3.8, 4) is 0 Å². The molecule has 0 saturated heterocycles. The molecule has 0 aromatic carbocycles. The van der Waals surface area contributed by atoms with Crippen LogP contribution in [0.15, 0.2) is 0 Å². The van der Waals surface area contributed by atoms with Crippen LogP contribution in [-0.4, -0.2) is 65.2 Å². The molecule has 7 heteroatoms. The van der Waals surface area contributed by atoms with E-state index < -0.39 is 24.2 Å². The van der Waals surface area contributed by atoms with Crippen LogP contribution in [0.5, 0.6) is 0 Å². The Balaban J connectivity index is 4.15. The summed E-state index contributed by atoms with van der Waals surface area (Å²) < 4.78 is 5.20. The molecule has 0 unspecified atom stereocenters. The summed E-state index contributed by atoms with van der Waals surface area (Å²) in [6, 6.07) is 0. The second-order valence-electron chi connectivity index (χ2n) is 8.73. The van der Waals surface area contributed by atoms with Crippen LogP contribution in [0.25, 0.3) is 0 Å². The minimum absolute atomic E-state index is 0.284. The van der Waals surface area contributed by atoms with Gasteiger partial charge in [-0.05, 0) is 27.2 Å². The molecule has 1 N–H and O–H groups in total. The Kier molecular flexibility index (Phi) is 14.2. The molecule has 0 saturated carbocycles. The van der Waals surface area contributed by atoms with E-state index in [1.54, 1.807) is 32.7 Å². The number of hydrogen-bond donors (Lipinski definition) is 1. The summed E-state index contributed by atoms with van der Waals surface area (Å²) in [5.74, 6) is -1.46. The second-order valence-corrected chi connectivity index (χ2v) is 8.73. The smallest absolute Gasteiger partial charge is 0.411 e. The average molecular weight is 415 g/mol. The Bertz CT molecular complexity index is 488. The van der Waals surface area contributed by atoms with Gasteiger partial charge in [-0.25, -0.2) is 4.79 Å². The van der Waals surface area contributed by atoms with Crippen molar-refractivity contribution >= 4 is 18.0 Å². The van der Waals surface area contributed by atoms with Crippen molar-refractivity contribution in [1.82, 2.24) is 9.80 Å². The van der Waals surface area contributed by atoms with Gasteiger partial charge < -0.3 is 14.7 Å². The van der Waals surface area contributed by atoms with Gasteiger partial charge in [0, 0.05) is 13.6 Å². The monoisotopic (exact) mass is 414 g/mol. The quantitative estimate of drug-likeness (QED) is 0.393. The van der Waals surface area contributed by atoms with Gasteiger partial charge in [-0.2, -0.15) is 0 Å². The molecule has 0 radical (unpaired) electrons. The highest BCUT2D eigenvalue weighted by Gasteiger charge is 2.26. The number of carboxylic acid groups (broad SMARTS) is 1. The van der Waals surface area contributed by atoms with Crippen LogP contribution in [0.1, 0.15) is 91.9 Å². The highest BCUT2D eigenvalue weighted by molar-refractivity contribution is 5.84. The average Bonchev–Trinajstić information content (AvgIpc) is 2.60. The third kappa shape index (κ3) is 15.8. The molecule has 0 aromatic heterocycles. The van der Waals surface area contributed by atoms with Crippen molar-refractivity contribution in [3.63, 3.8) is 0 Å². The van der Waals surface area contributed by atoms with E-state index in [0.29, 0.717) is 6.54 Å². The maximum Gasteiger partial charge on any atom is 0.411 e. The molecular weight excluding hydrogens is 372 g/mol. The number of carboxylic acids is 1. The SMILES string of the molecule is CCCCCCCCCCCCN(C)C(=O)CN(CC(=O)O)C(=O)OC(C)(C)C. The fourth-order valence-corrected chi connectivity index (χ4v) is 2.92. The van der Waals surface area contributed by atoms with E-state index in [-0.39, 0.29) is 12.5 Å². The van der Waals surface area contributed by atoms with E-state index in [4.69, 9.17) is 9.84 Å². The minimum Gasteiger partial charge on any atom is -0.480 e. The van der Waals surface area contributed by atoms with Crippen molar-refractivity contribution in [2.24, 2.45) is 0 Å². The van der Waals surface area contributed by atoms with E-state index in [0.717, 1.165) is 17.7 Å². The minimum atomic E-state index is -1.18. The maximum absolute atomic E-state index is 12.4. The molecule has 0 fully saturated rings. The molecule has 0 heterocycles. The van der Waals surface area contributed by atoms with Crippen molar-refractivity contribution in [2.75, 3.05) is 26.7 Å². The molecule has 0 spiro atoms. The fourth-order valence-electron chi connectivity index (χ4n) is 2.92. The molecule has 170 valence electrons. The zero-order chi connectivity index (χ0) is 22.3. The van der Waals surface area contributed by atoms with Crippen molar-refractivity contribution in [2.45, 2.75) is 97.5 Å². The van der Waals surface area contributed by atoms with Crippen molar-refractivity contribution < 1.29 is 24.2 Å². The molecular formula is C22H42N2O5. The summed E-state index contributed by atoms with van der Waals surface area (Å²) in [6.45, 7) is 7.06. The predicted molar refractivity (Wildman–Crippen MR) is 115 cm³/mol. The van der Waals surface area contributed by atoms with Gasteiger partial charge >= 0.3 is 12.1 Å². The first kappa shape index (κ1) is 27.2. The lowest BCUT2D eigenvalue weighted by atomic mass is 10.1. The number of unbranched alkanes of at least 4 members (excludes halogenated alkanes) is 9. The van der Waals surface area contributed by atoms with Gasteiger partial charge in [0.05, 0.1) is 0 Å². The van der Waals surface area contributed by atoms with Gasteiger partial charge in [0.15, 0.2) is 0 Å². The molecule has 2 amide bonds. The summed E-state index contributed by atoms with van der Waals surface area (Å²) in [5.41, 5.74) is -0.751. The fraction of sp³-hybridized carbons (Fsp3) is 0.864. The van der Waals surface area contributed by atoms with Gasteiger partial charge in [-0.15, -0.1) is 0 Å². The van der Waals surface area contributed by atoms with Gasteiger partial charge in [0.1, 0.15) is 18.7 Å². The van der Waals surface area contributed by atoms with Crippen LogP contribution >= 0.6 is 0 Å². The van der Waals surface area contributed by atoms with Crippen molar-refractivity contribution in [3.05, 3.63) is 0 Å². The number of likely N-dealkylation sites (N-methyl/N-ethyl adjacent to an activating group) is 1. The molecule has 0 atom stereocenters. The third-order valence-electron chi connectivity index (χ3n) is 4.58. The van der Waals surface area contributed by atoms with Crippen LogP contribution < -0.4 is 0 Å². The lowest BCUT2D eigenvalue weighted by molar-refractivity contribution is -0.139. The number of amides is 2. The number of hydrogen-bond acceptors (Lipinski definition) is 4. The third-order valence-corrected chi connectivity index (χ3v) is 4.58. The lowest BCUT2D eigenvalue weighted by Crippen LogP contribution is -2.45. The number of carbonyl (C=O) groups excluding carboxylic acids is 2. The molecule has 0 aromatic rings. The van der Waals surface area contributed by atoms with E-state index >= 15 is 0 Å². The Morgan fingerprint density at radius 2 is 1.31 bits per heavy atom. The summed E-state index contributed by atoms with van der Waals surface area (Å²) >= 11 is 0. The topological polar surface area (TPSA) is 87.2 Å². The summed E-state index contributed by atoms with van der Waals surface area (Å²) in [7, 11) is 1.68. The largest absolute Gasteiger partial charge is 0.480 e. The Morgan fingerprint density at radius 3 is 1.76 bits per heavy atom. The number of nitrogens with zero attached hydrogens (tertiary/aromatic N) is 2. The van der Waals surface area contributed by atoms with E-state index in [1.165, 1.54) is 51.4 Å². The molecule has 0 aliphatic rings. The molecule has 0 rings (SSSR count). The van der Waals surface area contributed by atoms with Crippen LogP contribution in [0.4, 0.5) is 4.79 Å². The molecule has 0 aliphatic carbocycles. The Labute approximate surface area is 176 Å².